The van der Waals surface area contributed by atoms with Gasteiger partial charge in [0, 0.05) is 75.6 Å². The topological polar surface area (TPSA) is 166 Å². The second kappa shape index (κ2) is 21.9. The van der Waals surface area contributed by atoms with E-state index in [0.29, 0.717) is 97.7 Å². The molecule has 2 aliphatic heterocycles. The van der Waals surface area contributed by atoms with Crippen molar-refractivity contribution in [2.75, 3.05) is 22.9 Å². The van der Waals surface area contributed by atoms with Gasteiger partial charge in [-0.15, -0.1) is 0 Å². The maximum absolute atomic E-state index is 15.4. The zero-order valence-electron chi connectivity index (χ0n) is 47.6. The number of aromatic nitrogens is 4. The average molecular weight is 1190 g/mol. The van der Waals surface area contributed by atoms with Gasteiger partial charge in [-0.05, 0) is 175 Å². The number of pyridine rings is 4. The standard InChI is InChI=1S/C70H54F3N7O7S/c1-5-63(81)77-30-28-45-14-21-53(36-61(45)77)79-65(83)27-20-49-39-74-59-25-19-48(33-57(59)66(49)79)44-16-23-56(24-17-44)88(85,86)76-69(3,4)38-50-32-51-40-75-60-26-18-47(43-12-10-42(11-13-43)41-87-55-9-7-8-52(35-55)70(71,72)73)34-58(60)67(51)80(68(50)84)54-22-15-46-29-31-78(62(46)37-54)64(82)6-2/h5-27,32-37,39-40,76H,1-2,28-31,38,41H2,3-4H3. The molecule has 0 atom stereocenters. The highest BCUT2D eigenvalue weighted by Crippen LogP contribution is 2.38. The number of ether oxygens (including phenoxy) is 1. The monoisotopic (exact) mass is 1190 g/mol. The Morgan fingerprint density at radius 2 is 1.17 bits per heavy atom. The molecule has 0 bridgehead atoms. The van der Waals surface area contributed by atoms with Gasteiger partial charge in [0.25, 0.3) is 11.1 Å². The number of halogens is 3. The van der Waals surface area contributed by atoms with Crippen molar-refractivity contribution < 1.29 is 35.9 Å². The fourth-order valence-corrected chi connectivity index (χ4v) is 13.5. The van der Waals surface area contributed by atoms with Crippen LogP contribution in [-0.2, 0) is 51.7 Å². The first-order valence-corrected chi connectivity index (χ1v) is 29.8. The molecule has 1 N–H and O–H groups in total. The number of fused-ring (bicyclic) bond motifs is 8. The minimum Gasteiger partial charge on any atom is -0.489 e. The maximum atomic E-state index is 15.4. The van der Waals surface area contributed by atoms with Crippen LogP contribution in [0.5, 0.6) is 5.75 Å². The number of hydrogen-bond donors (Lipinski definition) is 1. The SMILES string of the molecule is C=CC(=O)N1CCc2ccc(-n3c(=O)ccc4cnc5ccc(-c6ccc(S(=O)(=O)NC(C)(C)Cc7cc8cnc9ccc(-c%10ccc(COc%11cccc(C(F)(F)F)c%11)cc%10)cc9c8n(-c8ccc9c(c8)N(C(=O)C=C)CC9)c7=O)cc6)cc5c43)cc21. The fraction of sp³-hybridized carbons (Fsp3) is 0.143. The Labute approximate surface area is 502 Å². The smallest absolute Gasteiger partial charge is 0.416 e. The largest absolute Gasteiger partial charge is 0.489 e. The van der Waals surface area contributed by atoms with Gasteiger partial charge < -0.3 is 14.5 Å². The van der Waals surface area contributed by atoms with E-state index in [2.05, 4.69) is 17.9 Å². The molecule has 0 aliphatic carbocycles. The molecule has 0 saturated heterocycles. The number of carbonyl (C=O) groups excluding carboxylic acids is 2. The summed E-state index contributed by atoms with van der Waals surface area (Å²) in [6.07, 6.45) is 2.66. The van der Waals surface area contributed by atoms with Crippen LogP contribution in [0.2, 0.25) is 0 Å². The van der Waals surface area contributed by atoms with Crippen LogP contribution in [0.3, 0.4) is 0 Å². The predicted octanol–water partition coefficient (Wildman–Crippen LogP) is 12.8. The summed E-state index contributed by atoms with van der Waals surface area (Å²) in [5.41, 5.74) is 8.02. The lowest BCUT2D eigenvalue weighted by atomic mass is 9.95. The molecule has 0 saturated carbocycles. The van der Waals surface area contributed by atoms with Crippen LogP contribution in [0.4, 0.5) is 24.5 Å². The lowest BCUT2D eigenvalue weighted by molar-refractivity contribution is -0.137. The van der Waals surface area contributed by atoms with Crippen LogP contribution >= 0.6 is 0 Å². The third-order valence-electron chi connectivity index (χ3n) is 16.3. The second-order valence-corrected chi connectivity index (χ2v) is 24.3. The Morgan fingerprint density at radius 3 is 1.75 bits per heavy atom. The van der Waals surface area contributed by atoms with Crippen molar-refractivity contribution >= 4 is 76.8 Å². The fourth-order valence-electron chi connectivity index (χ4n) is 12.1. The molecule has 11 aromatic rings. The van der Waals surface area contributed by atoms with E-state index >= 15 is 4.79 Å². The van der Waals surface area contributed by atoms with Crippen LogP contribution in [-0.4, -0.2) is 58.0 Å². The van der Waals surface area contributed by atoms with E-state index in [-0.39, 0.29) is 41.0 Å². The molecule has 0 radical (unpaired) electrons. The summed E-state index contributed by atoms with van der Waals surface area (Å²) in [6, 6.07) is 46.2. The quantitative estimate of drug-likeness (QED) is 0.0824. The molecule has 2 amide bonds. The molecule has 0 fully saturated rings. The van der Waals surface area contributed by atoms with Gasteiger partial charge in [-0.2, -0.15) is 13.2 Å². The van der Waals surface area contributed by atoms with Crippen LogP contribution in [0, 0.1) is 0 Å². The Bertz CT molecular complexity index is 5000. The van der Waals surface area contributed by atoms with E-state index in [1.165, 1.54) is 42.5 Å². The zero-order valence-corrected chi connectivity index (χ0v) is 48.5. The summed E-state index contributed by atoms with van der Waals surface area (Å²) in [5, 5.41) is 2.63. The minimum atomic E-state index is -4.50. The molecule has 0 spiro atoms. The summed E-state index contributed by atoms with van der Waals surface area (Å²) in [7, 11) is -4.22. The number of benzene rings is 7. The molecule has 18 heteroatoms. The van der Waals surface area contributed by atoms with Crippen molar-refractivity contribution in [2.24, 2.45) is 0 Å². The molecule has 88 heavy (non-hydrogen) atoms. The molecular formula is C70H54F3N7O7S. The number of hydrogen-bond acceptors (Lipinski definition) is 9. The molecule has 7 aromatic carbocycles. The second-order valence-electron chi connectivity index (χ2n) is 22.6. The molecule has 4 aromatic heterocycles. The Kier molecular flexibility index (Phi) is 14.1. The lowest BCUT2D eigenvalue weighted by Gasteiger charge is -2.27. The van der Waals surface area contributed by atoms with Gasteiger partial charge in [0.1, 0.15) is 12.4 Å². The van der Waals surface area contributed by atoms with Crippen molar-refractivity contribution in [3.05, 3.63) is 250 Å². The van der Waals surface area contributed by atoms with Crippen LogP contribution in [0.25, 0.3) is 77.2 Å². The van der Waals surface area contributed by atoms with Gasteiger partial charge >= 0.3 is 6.18 Å². The number of nitrogens with one attached hydrogen (secondary N) is 1. The van der Waals surface area contributed by atoms with Crippen molar-refractivity contribution in [1.82, 2.24) is 23.8 Å². The Balaban J connectivity index is 0.812. The highest BCUT2D eigenvalue weighted by atomic mass is 32.2. The van der Waals surface area contributed by atoms with Gasteiger partial charge in [-0.25, -0.2) is 13.1 Å². The molecule has 438 valence electrons. The highest BCUT2D eigenvalue weighted by molar-refractivity contribution is 7.89. The summed E-state index contributed by atoms with van der Waals surface area (Å²) in [4.78, 5) is 68.0. The van der Waals surface area contributed by atoms with Crippen molar-refractivity contribution in [3.8, 4) is 39.4 Å². The average Bonchev–Trinajstić information content (AvgIpc) is 0.882. The molecule has 14 nitrogen and oxygen atoms in total. The van der Waals surface area contributed by atoms with Gasteiger partial charge in [0.15, 0.2) is 0 Å². The van der Waals surface area contributed by atoms with Crippen molar-refractivity contribution in [3.63, 3.8) is 0 Å². The van der Waals surface area contributed by atoms with Crippen LogP contribution < -0.4 is 30.4 Å². The van der Waals surface area contributed by atoms with Crippen LogP contribution in [0.1, 0.15) is 41.7 Å². The number of anilines is 2. The molecular weight excluding hydrogens is 1140 g/mol. The normalized spacial score (nSPS) is 13.3. The van der Waals surface area contributed by atoms with E-state index in [1.807, 2.05) is 97.1 Å². The van der Waals surface area contributed by atoms with E-state index < -0.39 is 32.9 Å². The third kappa shape index (κ3) is 10.5. The first-order valence-electron chi connectivity index (χ1n) is 28.3. The summed E-state index contributed by atoms with van der Waals surface area (Å²) < 4.78 is 80.8. The van der Waals surface area contributed by atoms with Gasteiger partial charge in [0.05, 0.1) is 43.9 Å². The molecule has 13 rings (SSSR count). The van der Waals surface area contributed by atoms with Crippen molar-refractivity contribution in [1.29, 1.82) is 0 Å². The number of amides is 2. The summed E-state index contributed by atoms with van der Waals surface area (Å²) in [6.45, 7) is 11.8. The summed E-state index contributed by atoms with van der Waals surface area (Å²) in [5.74, 6) is -0.416. The minimum absolute atomic E-state index is 0.0102. The first-order chi connectivity index (χ1) is 42.2. The van der Waals surface area contributed by atoms with Crippen LogP contribution in [0.15, 0.2) is 216 Å². The number of nitrogens with zero attached hydrogens (tertiary/aromatic N) is 6. The molecule has 6 heterocycles. The van der Waals surface area contributed by atoms with Crippen molar-refractivity contribution in [2.45, 2.75) is 56.3 Å². The first kappa shape index (κ1) is 56.8. The van der Waals surface area contributed by atoms with Gasteiger partial charge in [-0.1, -0.05) is 79.9 Å². The lowest BCUT2D eigenvalue weighted by Crippen LogP contribution is -2.46. The highest BCUT2D eigenvalue weighted by Gasteiger charge is 2.32. The number of rotatable bonds is 14. The van der Waals surface area contributed by atoms with Gasteiger partial charge in [0.2, 0.25) is 21.8 Å². The predicted molar refractivity (Wildman–Crippen MR) is 337 cm³/mol. The summed E-state index contributed by atoms with van der Waals surface area (Å²) >= 11 is 0. The third-order valence-corrected chi connectivity index (χ3v) is 18.1. The van der Waals surface area contributed by atoms with E-state index in [9.17, 15) is 36.0 Å². The number of carbonyl (C=O) groups is 2. The van der Waals surface area contributed by atoms with Gasteiger partial charge in [-0.3, -0.25) is 38.3 Å². The Hall–Kier alpha value is -10.3. The number of alkyl halides is 3. The van der Waals surface area contributed by atoms with E-state index in [1.54, 1.807) is 69.4 Å². The maximum Gasteiger partial charge on any atom is 0.416 e. The zero-order chi connectivity index (χ0) is 61.4. The van der Waals surface area contributed by atoms with E-state index in [4.69, 9.17) is 14.7 Å². The Morgan fingerprint density at radius 1 is 0.625 bits per heavy atom. The molecule has 0 unspecified atom stereocenters. The van der Waals surface area contributed by atoms with E-state index in [0.717, 1.165) is 51.2 Å². The number of sulfonamides is 1. The molecule has 2 aliphatic rings.